The Morgan fingerprint density at radius 3 is 2.22 bits per heavy atom. The van der Waals surface area contributed by atoms with Crippen LogP contribution in [-0.4, -0.2) is 52.9 Å². The molecule has 1 fully saturated rings. The van der Waals surface area contributed by atoms with E-state index in [4.69, 9.17) is 4.74 Å². The van der Waals surface area contributed by atoms with E-state index in [-0.39, 0.29) is 25.1 Å². The standard InChI is InChI=1S/C20H20F2N2O3/c1-27-15-8-20(26)23(11-15)9-14(25)10-24-18-4-2-12(21)6-16(18)17-7-13(22)3-5-19(17)24/h2-7,14-15,25H,8-11H2,1H3. The minimum Gasteiger partial charge on any atom is -0.389 e. The molecule has 0 aliphatic carbocycles. The lowest BCUT2D eigenvalue weighted by Gasteiger charge is -2.21. The summed E-state index contributed by atoms with van der Waals surface area (Å²) in [5.74, 6) is -0.855. The summed E-state index contributed by atoms with van der Waals surface area (Å²) in [6.45, 7) is 0.844. The molecule has 2 atom stereocenters. The lowest BCUT2D eigenvalue weighted by atomic mass is 10.1. The molecule has 7 heteroatoms. The number of rotatable bonds is 5. The number of methoxy groups -OCH3 is 1. The molecule has 5 nitrogen and oxygen atoms in total. The average Bonchev–Trinajstić information content (AvgIpc) is 3.13. The summed E-state index contributed by atoms with van der Waals surface area (Å²) in [5, 5.41) is 11.8. The Morgan fingerprint density at radius 2 is 1.70 bits per heavy atom. The Balaban J connectivity index is 1.65. The molecule has 0 radical (unpaired) electrons. The van der Waals surface area contributed by atoms with Crippen LogP contribution in [0.5, 0.6) is 0 Å². The van der Waals surface area contributed by atoms with E-state index in [0.717, 1.165) is 0 Å². The summed E-state index contributed by atoms with van der Waals surface area (Å²) in [4.78, 5) is 13.6. The number of β-amino-alcohol motifs (C(OH)–C–C–N with tert-alkyl or cyclic N) is 1. The third kappa shape index (κ3) is 3.28. The first kappa shape index (κ1) is 17.9. The topological polar surface area (TPSA) is 54.7 Å². The molecule has 4 rings (SSSR count). The highest BCUT2D eigenvalue weighted by molar-refractivity contribution is 6.08. The Hall–Kier alpha value is -2.51. The van der Waals surface area contributed by atoms with Gasteiger partial charge in [0, 0.05) is 42.0 Å². The fourth-order valence-electron chi connectivity index (χ4n) is 3.84. The molecule has 1 aliphatic heterocycles. The van der Waals surface area contributed by atoms with Crippen LogP contribution in [0.2, 0.25) is 0 Å². The number of hydrogen-bond acceptors (Lipinski definition) is 3. The number of likely N-dealkylation sites (tertiary alicyclic amines) is 1. The first-order valence-corrected chi connectivity index (χ1v) is 8.82. The quantitative estimate of drug-likeness (QED) is 0.747. The number of fused-ring (bicyclic) bond motifs is 3. The predicted molar refractivity (Wildman–Crippen MR) is 97.4 cm³/mol. The number of hydrogen-bond donors (Lipinski definition) is 1. The molecule has 0 bridgehead atoms. The van der Waals surface area contributed by atoms with E-state index in [2.05, 4.69) is 0 Å². The van der Waals surface area contributed by atoms with Gasteiger partial charge in [-0.2, -0.15) is 0 Å². The van der Waals surface area contributed by atoms with Crippen LogP contribution >= 0.6 is 0 Å². The van der Waals surface area contributed by atoms with Crippen molar-refractivity contribution >= 4 is 27.7 Å². The van der Waals surface area contributed by atoms with E-state index in [1.807, 2.05) is 4.57 Å². The Labute approximate surface area is 154 Å². The monoisotopic (exact) mass is 374 g/mol. The van der Waals surface area contributed by atoms with Crippen LogP contribution in [-0.2, 0) is 16.1 Å². The van der Waals surface area contributed by atoms with Crippen molar-refractivity contribution in [2.24, 2.45) is 0 Å². The molecule has 0 saturated carbocycles. The van der Waals surface area contributed by atoms with Crippen LogP contribution in [0.3, 0.4) is 0 Å². The molecule has 1 aromatic heterocycles. The second-order valence-electron chi connectivity index (χ2n) is 6.95. The molecule has 1 N–H and O–H groups in total. The lowest BCUT2D eigenvalue weighted by Crippen LogP contribution is -2.36. The van der Waals surface area contributed by atoms with Crippen molar-refractivity contribution in [3.05, 3.63) is 48.0 Å². The molecule has 1 saturated heterocycles. The van der Waals surface area contributed by atoms with Crippen molar-refractivity contribution in [2.75, 3.05) is 20.2 Å². The van der Waals surface area contributed by atoms with Gasteiger partial charge in [0.25, 0.3) is 0 Å². The number of carbonyl (C=O) groups excluding carboxylic acids is 1. The van der Waals surface area contributed by atoms with Crippen molar-refractivity contribution in [1.82, 2.24) is 9.47 Å². The zero-order valence-electron chi connectivity index (χ0n) is 14.9. The average molecular weight is 374 g/mol. The number of carbonyl (C=O) groups is 1. The maximum absolute atomic E-state index is 13.7. The van der Waals surface area contributed by atoms with Crippen LogP contribution in [0.1, 0.15) is 6.42 Å². The van der Waals surface area contributed by atoms with Crippen molar-refractivity contribution in [1.29, 1.82) is 0 Å². The zero-order chi connectivity index (χ0) is 19.1. The SMILES string of the molecule is COC1CC(=O)N(CC(O)Cn2c3ccc(F)cc3c3cc(F)ccc32)C1. The Morgan fingerprint density at radius 1 is 1.11 bits per heavy atom. The van der Waals surface area contributed by atoms with Gasteiger partial charge in [-0.1, -0.05) is 0 Å². The summed E-state index contributed by atoms with van der Waals surface area (Å²) >= 11 is 0. The number of amides is 1. The van der Waals surface area contributed by atoms with Crippen molar-refractivity contribution in [3.63, 3.8) is 0 Å². The molecule has 0 spiro atoms. The van der Waals surface area contributed by atoms with Gasteiger partial charge in [-0.25, -0.2) is 8.78 Å². The summed E-state index contributed by atoms with van der Waals surface area (Å²) in [5.41, 5.74) is 1.41. The first-order chi connectivity index (χ1) is 13.0. The Bertz CT molecular complexity index is 958. The molecule has 3 aromatic rings. The molecule has 2 aromatic carbocycles. The fraction of sp³-hybridized carbons (Fsp3) is 0.350. The highest BCUT2D eigenvalue weighted by atomic mass is 19.1. The van der Waals surface area contributed by atoms with Crippen LogP contribution in [0.25, 0.3) is 21.8 Å². The van der Waals surface area contributed by atoms with Gasteiger partial charge in [0.15, 0.2) is 0 Å². The largest absolute Gasteiger partial charge is 0.389 e. The smallest absolute Gasteiger partial charge is 0.225 e. The number of ether oxygens (including phenoxy) is 1. The molecule has 2 heterocycles. The maximum Gasteiger partial charge on any atom is 0.225 e. The first-order valence-electron chi connectivity index (χ1n) is 8.82. The number of aliphatic hydroxyl groups excluding tert-OH is 1. The second-order valence-corrected chi connectivity index (χ2v) is 6.95. The molecule has 142 valence electrons. The van der Waals surface area contributed by atoms with Gasteiger partial charge in [0.2, 0.25) is 5.91 Å². The third-order valence-corrected chi connectivity index (χ3v) is 5.13. The second kappa shape index (κ2) is 6.90. The lowest BCUT2D eigenvalue weighted by molar-refractivity contribution is -0.129. The number of aromatic nitrogens is 1. The summed E-state index contributed by atoms with van der Waals surface area (Å²) in [6.07, 6.45) is -0.653. The molecule has 1 amide bonds. The summed E-state index contributed by atoms with van der Waals surface area (Å²) in [7, 11) is 1.56. The van der Waals surface area contributed by atoms with Gasteiger partial charge in [0.05, 0.1) is 25.2 Å². The van der Waals surface area contributed by atoms with Crippen molar-refractivity contribution in [3.8, 4) is 0 Å². The minimum absolute atomic E-state index is 0.0488. The summed E-state index contributed by atoms with van der Waals surface area (Å²) in [6, 6.07) is 8.66. The summed E-state index contributed by atoms with van der Waals surface area (Å²) < 4.78 is 34.5. The highest BCUT2D eigenvalue weighted by Gasteiger charge is 2.30. The molecule has 27 heavy (non-hydrogen) atoms. The highest BCUT2D eigenvalue weighted by Crippen LogP contribution is 2.30. The molecular weight excluding hydrogens is 354 g/mol. The zero-order valence-corrected chi connectivity index (χ0v) is 14.9. The van der Waals surface area contributed by atoms with Gasteiger partial charge in [-0.15, -0.1) is 0 Å². The van der Waals surface area contributed by atoms with Crippen LogP contribution in [0, 0.1) is 11.6 Å². The fourth-order valence-corrected chi connectivity index (χ4v) is 3.84. The van der Waals surface area contributed by atoms with E-state index < -0.39 is 17.7 Å². The van der Waals surface area contributed by atoms with Gasteiger partial charge >= 0.3 is 0 Å². The maximum atomic E-state index is 13.7. The van der Waals surface area contributed by atoms with E-state index in [0.29, 0.717) is 34.8 Å². The van der Waals surface area contributed by atoms with Crippen LogP contribution in [0.15, 0.2) is 36.4 Å². The van der Waals surface area contributed by atoms with Crippen molar-refractivity contribution < 1.29 is 23.4 Å². The Kier molecular flexibility index (Phi) is 4.57. The number of aliphatic hydroxyl groups is 1. The predicted octanol–water partition coefficient (Wildman–Crippen LogP) is 2.68. The van der Waals surface area contributed by atoms with E-state index in [9.17, 15) is 18.7 Å². The van der Waals surface area contributed by atoms with Gasteiger partial charge in [0.1, 0.15) is 11.6 Å². The van der Waals surface area contributed by atoms with Crippen molar-refractivity contribution in [2.45, 2.75) is 25.2 Å². The van der Waals surface area contributed by atoms with Gasteiger partial charge in [-0.05, 0) is 36.4 Å². The number of halogens is 2. The van der Waals surface area contributed by atoms with Crippen LogP contribution < -0.4 is 0 Å². The third-order valence-electron chi connectivity index (χ3n) is 5.13. The van der Waals surface area contributed by atoms with Gasteiger partial charge in [-0.3, -0.25) is 4.79 Å². The normalized spacial score (nSPS) is 18.7. The van der Waals surface area contributed by atoms with E-state index in [1.54, 1.807) is 24.1 Å². The number of nitrogens with zero attached hydrogens (tertiary/aromatic N) is 2. The molecular formula is C20H20F2N2O3. The van der Waals surface area contributed by atoms with Crippen LogP contribution in [0.4, 0.5) is 8.78 Å². The van der Waals surface area contributed by atoms with E-state index in [1.165, 1.54) is 24.3 Å². The minimum atomic E-state index is -0.821. The number of benzene rings is 2. The molecule has 1 aliphatic rings. The molecule has 2 unspecified atom stereocenters. The van der Waals surface area contributed by atoms with Gasteiger partial charge < -0.3 is 19.3 Å². The van der Waals surface area contributed by atoms with E-state index >= 15 is 0 Å².